The van der Waals surface area contributed by atoms with Crippen molar-refractivity contribution in [1.29, 1.82) is 0 Å². The van der Waals surface area contributed by atoms with E-state index in [0.29, 0.717) is 0 Å². The zero-order valence-corrected chi connectivity index (χ0v) is 10.4. The van der Waals surface area contributed by atoms with Gasteiger partial charge in [-0.25, -0.2) is 0 Å². The largest absolute Gasteiger partial charge is 0.332 e. The molecule has 1 aromatic rings. The third-order valence-electron chi connectivity index (χ3n) is 3.04. The van der Waals surface area contributed by atoms with Crippen molar-refractivity contribution in [1.82, 2.24) is 9.88 Å². The van der Waals surface area contributed by atoms with Crippen molar-refractivity contribution in [3.8, 4) is 0 Å². The van der Waals surface area contributed by atoms with E-state index in [1.807, 2.05) is 30.9 Å². The molecule has 0 aromatic carbocycles. The van der Waals surface area contributed by atoms with Gasteiger partial charge < -0.3 is 4.90 Å². The quantitative estimate of drug-likeness (QED) is 0.732. The van der Waals surface area contributed by atoms with E-state index in [0.717, 1.165) is 25.0 Å². The van der Waals surface area contributed by atoms with E-state index < -0.39 is 0 Å². The van der Waals surface area contributed by atoms with E-state index in [4.69, 9.17) is 0 Å². The molecule has 2 heterocycles. The van der Waals surface area contributed by atoms with Gasteiger partial charge in [0.05, 0.1) is 6.04 Å². The van der Waals surface area contributed by atoms with Gasteiger partial charge in [-0.2, -0.15) is 0 Å². The van der Waals surface area contributed by atoms with Crippen LogP contribution in [0.25, 0.3) is 0 Å². The molecule has 17 heavy (non-hydrogen) atoms. The number of carbonyl (C=O) groups is 1. The zero-order valence-electron chi connectivity index (χ0n) is 10.4. The Labute approximate surface area is 102 Å². The van der Waals surface area contributed by atoms with Crippen molar-refractivity contribution < 1.29 is 4.79 Å². The smallest absolute Gasteiger partial charge is 0.246 e. The van der Waals surface area contributed by atoms with E-state index in [1.165, 1.54) is 5.56 Å². The molecule has 0 saturated carbocycles. The fourth-order valence-corrected chi connectivity index (χ4v) is 2.29. The molecule has 1 aliphatic rings. The third kappa shape index (κ3) is 2.73. The van der Waals surface area contributed by atoms with Crippen molar-refractivity contribution in [2.45, 2.75) is 32.7 Å². The van der Waals surface area contributed by atoms with Crippen LogP contribution in [0, 0.1) is 0 Å². The van der Waals surface area contributed by atoms with Crippen molar-refractivity contribution in [3.05, 3.63) is 41.7 Å². The molecule has 0 bridgehead atoms. The lowest BCUT2D eigenvalue weighted by Crippen LogP contribution is -2.29. The molecule has 0 N–H and O–H groups in total. The van der Waals surface area contributed by atoms with Gasteiger partial charge >= 0.3 is 0 Å². The first-order valence-corrected chi connectivity index (χ1v) is 6.04. The van der Waals surface area contributed by atoms with Crippen LogP contribution in [0.1, 0.15) is 38.3 Å². The van der Waals surface area contributed by atoms with Gasteiger partial charge in [0, 0.05) is 25.0 Å². The van der Waals surface area contributed by atoms with E-state index in [2.05, 4.69) is 4.98 Å². The summed E-state index contributed by atoms with van der Waals surface area (Å²) in [5, 5.41) is 0. The molecule has 90 valence electrons. The minimum absolute atomic E-state index is 0.129. The Kier molecular flexibility index (Phi) is 3.57. The Morgan fingerprint density at radius 3 is 2.76 bits per heavy atom. The highest BCUT2D eigenvalue weighted by molar-refractivity contribution is 5.88. The summed E-state index contributed by atoms with van der Waals surface area (Å²) in [6, 6.07) is 4.22. The summed E-state index contributed by atoms with van der Waals surface area (Å²) in [5.74, 6) is 0.129. The molecule has 1 saturated heterocycles. The number of likely N-dealkylation sites (tertiary alicyclic amines) is 1. The Morgan fingerprint density at radius 1 is 1.41 bits per heavy atom. The lowest BCUT2D eigenvalue weighted by molar-refractivity contribution is -0.126. The summed E-state index contributed by atoms with van der Waals surface area (Å²) in [7, 11) is 0. The first kappa shape index (κ1) is 11.8. The number of nitrogens with zero attached hydrogens (tertiary/aromatic N) is 2. The predicted molar refractivity (Wildman–Crippen MR) is 67.4 cm³/mol. The first-order chi connectivity index (χ1) is 8.18. The van der Waals surface area contributed by atoms with Crippen LogP contribution >= 0.6 is 0 Å². The van der Waals surface area contributed by atoms with E-state index in [-0.39, 0.29) is 11.9 Å². The van der Waals surface area contributed by atoms with Crippen LogP contribution in [0.5, 0.6) is 0 Å². The summed E-state index contributed by atoms with van der Waals surface area (Å²) in [6.45, 7) is 4.76. The highest BCUT2D eigenvalue weighted by atomic mass is 16.2. The molecule has 2 rings (SSSR count). The number of allylic oxidation sites excluding steroid dienone is 1. The van der Waals surface area contributed by atoms with Crippen LogP contribution in [0.3, 0.4) is 0 Å². The fourth-order valence-electron chi connectivity index (χ4n) is 2.29. The predicted octanol–water partition coefficient (Wildman–Crippen LogP) is 2.71. The van der Waals surface area contributed by atoms with Crippen LogP contribution in [-0.2, 0) is 4.79 Å². The lowest BCUT2D eigenvalue weighted by atomic mass is 10.1. The summed E-state index contributed by atoms with van der Waals surface area (Å²) in [6.07, 6.45) is 7.43. The number of pyridine rings is 1. The van der Waals surface area contributed by atoms with Crippen LogP contribution in [0.4, 0.5) is 0 Å². The van der Waals surface area contributed by atoms with E-state index in [9.17, 15) is 4.79 Å². The van der Waals surface area contributed by atoms with E-state index >= 15 is 0 Å². The minimum atomic E-state index is 0.129. The zero-order chi connectivity index (χ0) is 12.3. The highest BCUT2D eigenvalue weighted by Crippen LogP contribution is 2.31. The Morgan fingerprint density at radius 2 is 2.12 bits per heavy atom. The van der Waals surface area contributed by atoms with Gasteiger partial charge in [0.2, 0.25) is 5.91 Å². The van der Waals surface area contributed by atoms with Crippen molar-refractivity contribution in [2.75, 3.05) is 6.54 Å². The third-order valence-corrected chi connectivity index (χ3v) is 3.04. The number of hydrogen-bond donors (Lipinski definition) is 0. The van der Waals surface area contributed by atoms with Crippen molar-refractivity contribution in [3.63, 3.8) is 0 Å². The van der Waals surface area contributed by atoms with Crippen LogP contribution < -0.4 is 0 Å². The topological polar surface area (TPSA) is 33.2 Å². The van der Waals surface area contributed by atoms with Crippen LogP contribution in [0.2, 0.25) is 0 Å². The van der Waals surface area contributed by atoms with Gasteiger partial charge in [-0.05, 0) is 44.4 Å². The van der Waals surface area contributed by atoms with Gasteiger partial charge in [-0.3, -0.25) is 9.78 Å². The molecule has 1 atom stereocenters. The van der Waals surface area contributed by atoms with Crippen molar-refractivity contribution >= 4 is 5.91 Å². The Hall–Kier alpha value is -1.64. The summed E-state index contributed by atoms with van der Waals surface area (Å²) in [4.78, 5) is 18.1. The van der Waals surface area contributed by atoms with Crippen LogP contribution in [-0.4, -0.2) is 22.3 Å². The number of aromatic nitrogens is 1. The monoisotopic (exact) mass is 230 g/mol. The molecule has 1 unspecified atom stereocenters. The number of carbonyl (C=O) groups excluding carboxylic acids is 1. The normalized spacial score (nSPS) is 19.2. The average Bonchev–Trinajstić information content (AvgIpc) is 2.78. The molecular weight excluding hydrogens is 212 g/mol. The molecule has 3 nitrogen and oxygen atoms in total. The Bertz CT molecular complexity index is 421. The standard InChI is InChI=1S/C14H18N2O/c1-11(2)10-14(17)16-9-3-4-13(16)12-5-7-15-8-6-12/h5-8,10,13H,3-4,9H2,1-2H3. The fraction of sp³-hybridized carbons (Fsp3) is 0.429. The highest BCUT2D eigenvalue weighted by Gasteiger charge is 2.28. The van der Waals surface area contributed by atoms with E-state index in [1.54, 1.807) is 18.5 Å². The number of rotatable bonds is 2. The molecule has 1 fully saturated rings. The van der Waals surface area contributed by atoms with Gasteiger partial charge in [-0.15, -0.1) is 0 Å². The van der Waals surface area contributed by atoms with Gasteiger partial charge in [-0.1, -0.05) is 5.57 Å². The second-order valence-corrected chi connectivity index (χ2v) is 4.69. The summed E-state index contributed by atoms with van der Waals surface area (Å²) in [5.41, 5.74) is 2.24. The minimum Gasteiger partial charge on any atom is -0.332 e. The molecule has 1 aliphatic heterocycles. The second kappa shape index (κ2) is 5.13. The number of hydrogen-bond acceptors (Lipinski definition) is 2. The second-order valence-electron chi connectivity index (χ2n) is 4.69. The molecule has 0 aliphatic carbocycles. The van der Waals surface area contributed by atoms with Gasteiger partial charge in [0.15, 0.2) is 0 Å². The Balaban J connectivity index is 2.18. The molecule has 0 spiro atoms. The summed E-state index contributed by atoms with van der Waals surface area (Å²) < 4.78 is 0. The maximum Gasteiger partial charge on any atom is 0.246 e. The molecule has 1 aromatic heterocycles. The first-order valence-electron chi connectivity index (χ1n) is 6.04. The maximum atomic E-state index is 12.1. The lowest BCUT2D eigenvalue weighted by Gasteiger charge is -2.23. The SMILES string of the molecule is CC(C)=CC(=O)N1CCCC1c1ccncc1. The van der Waals surface area contributed by atoms with Crippen molar-refractivity contribution in [2.24, 2.45) is 0 Å². The molecule has 3 heteroatoms. The van der Waals surface area contributed by atoms with Crippen LogP contribution in [0.15, 0.2) is 36.2 Å². The summed E-state index contributed by atoms with van der Waals surface area (Å²) >= 11 is 0. The van der Waals surface area contributed by atoms with Gasteiger partial charge in [0.1, 0.15) is 0 Å². The number of amides is 1. The maximum absolute atomic E-state index is 12.1. The molecular formula is C14H18N2O. The van der Waals surface area contributed by atoms with Gasteiger partial charge in [0.25, 0.3) is 0 Å². The molecule has 0 radical (unpaired) electrons. The average molecular weight is 230 g/mol. The molecule has 1 amide bonds.